The molecule has 15 heavy (non-hydrogen) atoms. The molecule has 1 nitrogen and oxygen atoms in total. The summed E-state index contributed by atoms with van der Waals surface area (Å²) in [6.07, 6.45) is 1.41. The zero-order valence-electron chi connectivity index (χ0n) is 6.74. The normalized spacial score (nSPS) is 13.2. The van der Waals surface area contributed by atoms with Crippen molar-refractivity contribution >= 4 is 69.9 Å². The lowest BCUT2D eigenvalue weighted by Crippen LogP contribution is -1.95. The Balaban J connectivity index is 2.65. The van der Waals surface area contributed by atoms with Gasteiger partial charge in [0, 0.05) is 11.1 Å². The number of hydrogen-bond acceptors (Lipinski definition) is 2. The molecular weight excluding hydrogens is 330 g/mol. The Morgan fingerprint density at radius 3 is 2.07 bits per heavy atom. The van der Waals surface area contributed by atoms with Crippen LogP contribution in [0.2, 0.25) is 0 Å². The van der Waals surface area contributed by atoms with E-state index in [0.717, 1.165) is 0 Å². The van der Waals surface area contributed by atoms with Crippen LogP contribution in [0.3, 0.4) is 0 Å². The van der Waals surface area contributed by atoms with Crippen LogP contribution >= 0.6 is 69.9 Å². The number of rotatable bonds is 4. The highest BCUT2D eigenvalue weighted by Gasteiger charge is 2.27. The molecule has 1 rings (SSSR count). The quantitative estimate of drug-likeness (QED) is 0.593. The van der Waals surface area contributed by atoms with Gasteiger partial charge in [0.25, 0.3) is 0 Å². The summed E-state index contributed by atoms with van der Waals surface area (Å²) >= 11 is 21.6. The van der Waals surface area contributed by atoms with Crippen molar-refractivity contribution in [2.75, 3.05) is 0 Å². The van der Waals surface area contributed by atoms with Crippen molar-refractivity contribution in [3.63, 3.8) is 0 Å². The second kappa shape index (κ2) is 5.10. The third-order valence-corrected chi connectivity index (χ3v) is 3.41. The molecule has 0 saturated heterocycles. The Hall–Kier alpha value is 1.000. The zero-order valence-corrected chi connectivity index (χ0v) is 11.4. The molecule has 0 atom stereocenters. The molecule has 0 aliphatic carbocycles. The number of hydrogen-bond donors (Lipinski definition) is 1. The van der Waals surface area contributed by atoms with E-state index >= 15 is 0 Å². The van der Waals surface area contributed by atoms with Crippen molar-refractivity contribution in [2.24, 2.45) is 0 Å². The molecule has 1 heterocycles. The molecule has 0 aliphatic heterocycles. The van der Waals surface area contributed by atoms with Crippen LogP contribution in [0.15, 0.2) is 22.2 Å². The van der Waals surface area contributed by atoms with Crippen LogP contribution in [0.1, 0.15) is 0 Å². The maximum atomic E-state index is 12.8. The maximum Gasteiger partial charge on any atom is 0.310 e. The molecule has 0 aromatic carbocycles. The Morgan fingerprint density at radius 1 is 1.07 bits per heavy atom. The number of aromatic nitrogens is 1. The zero-order chi connectivity index (χ0) is 11.7. The second-order valence-electron chi connectivity index (χ2n) is 2.30. The van der Waals surface area contributed by atoms with Crippen LogP contribution in [0.25, 0.3) is 0 Å². The standard InChI is InChI=1S/C6H3Cl4F2NS2/c7-5(8,11)14-3-1-4(13-2-3)15-6(9,10)12/h1-2,13H. The van der Waals surface area contributed by atoms with E-state index in [1.165, 1.54) is 12.3 Å². The number of aromatic amines is 1. The Labute approximate surface area is 113 Å². The van der Waals surface area contributed by atoms with Crippen LogP contribution in [-0.4, -0.2) is 12.8 Å². The maximum absolute atomic E-state index is 12.8. The van der Waals surface area contributed by atoms with Crippen LogP contribution in [0.5, 0.6) is 0 Å². The Morgan fingerprint density at radius 2 is 1.60 bits per heavy atom. The van der Waals surface area contributed by atoms with Gasteiger partial charge in [-0.15, -0.1) is 0 Å². The number of halogens is 6. The van der Waals surface area contributed by atoms with Crippen LogP contribution in [0.4, 0.5) is 8.78 Å². The number of nitrogens with one attached hydrogen (secondary N) is 1. The van der Waals surface area contributed by atoms with E-state index in [2.05, 4.69) is 4.98 Å². The van der Waals surface area contributed by atoms with Gasteiger partial charge in [0.15, 0.2) is 0 Å². The molecule has 0 spiro atoms. The lowest BCUT2D eigenvalue weighted by atomic mass is 10.7. The summed E-state index contributed by atoms with van der Waals surface area (Å²) in [7, 11) is 0. The van der Waals surface area contributed by atoms with Crippen molar-refractivity contribution < 1.29 is 8.78 Å². The number of H-pyrrole nitrogens is 1. The minimum Gasteiger partial charge on any atom is -0.355 e. The van der Waals surface area contributed by atoms with Crippen LogP contribution in [0, 0.1) is 0 Å². The summed E-state index contributed by atoms with van der Waals surface area (Å²) in [6.45, 7) is 0. The molecule has 9 heteroatoms. The van der Waals surface area contributed by atoms with Gasteiger partial charge in [-0.2, -0.15) is 8.78 Å². The molecule has 1 N–H and O–H groups in total. The fraction of sp³-hybridized carbons (Fsp3) is 0.333. The highest BCUT2D eigenvalue weighted by atomic mass is 35.5. The summed E-state index contributed by atoms with van der Waals surface area (Å²) in [5.41, 5.74) is 0. The van der Waals surface area contributed by atoms with Gasteiger partial charge in [-0.3, -0.25) is 0 Å². The molecule has 0 radical (unpaired) electrons. The van der Waals surface area contributed by atoms with Gasteiger partial charge in [0.1, 0.15) is 0 Å². The molecule has 0 saturated carbocycles. The van der Waals surface area contributed by atoms with Crippen LogP contribution in [-0.2, 0) is 0 Å². The predicted octanol–water partition coefficient (Wildman–Crippen LogP) is 5.32. The Bertz CT molecular complexity index is 302. The van der Waals surface area contributed by atoms with Gasteiger partial charge in [-0.25, -0.2) is 0 Å². The molecule has 86 valence electrons. The SMILES string of the molecule is FC(Cl)(Cl)Sc1c[nH]c(SC(F)(Cl)Cl)c1. The summed E-state index contributed by atoms with van der Waals surface area (Å²) in [5, 5.41) is 0.336. The first kappa shape index (κ1) is 14.1. The largest absolute Gasteiger partial charge is 0.355 e. The van der Waals surface area contributed by atoms with Crippen molar-refractivity contribution in [2.45, 2.75) is 17.8 Å². The highest BCUT2D eigenvalue weighted by Crippen LogP contribution is 2.45. The van der Waals surface area contributed by atoms with E-state index in [0.29, 0.717) is 33.4 Å². The summed E-state index contributed by atoms with van der Waals surface area (Å²) < 4.78 is 20.7. The molecule has 1 aromatic heterocycles. The third-order valence-electron chi connectivity index (χ3n) is 1.09. The number of alkyl halides is 6. The van der Waals surface area contributed by atoms with Crippen molar-refractivity contribution in [1.29, 1.82) is 0 Å². The minimum atomic E-state index is -2.44. The van der Waals surface area contributed by atoms with Crippen molar-refractivity contribution in [3.8, 4) is 0 Å². The molecule has 1 aromatic rings. The van der Waals surface area contributed by atoms with Gasteiger partial charge in [0.2, 0.25) is 0 Å². The van der Waals surface area contributed by atoms with Gasteiger partial charge in [-0.05, 0) is 17.8 Å². The fourth-order valence-electron chi connectivity index (χ4n) is 0.731. The molecule has 0 bridgehead atoms. The Kier molecular flexibility index (Phi) is 4.79. The van der Waals surface area contributed by atoms with E-state index < -0.39 is 7.84 Å². The fourth-order valence-corrected chi connectivity index (χ4v) is 2.95. The second-order valence-corrected chi connectivity index (χ2v) is 8.11. The summed E-state index contributed by atoms with van der Waals surface area (Å²) in [5.74, 6) is 0. The topological polar surface area (TPSA) is 15.8 Å². The average molecular weight is 333 g/mol. The monoisotopic (exact) mass is 331 g/mol. The van der Waals surface area contributed by atoms with E-state index in [9.17, 15) is 8.78 Å². The average Bonchev–Trinajstić information content (AvgIpc) is 2.28. The first-order valence-electron chi connectivity index (χ1n) is 3.36. The molecule has 0 aliphatic rings. The van der Waals surface area contributed by atoms with Gasteiger partial charge in [-0.1, -0.05) is 58.2 Å². The molecule has 0 unspecified atom stereocenters. The van der Waals surface area contributed by atoms with Gasteiger partial charge < -0.3 is 4.98 Å². The lowest BCUT2D eigenvalue weighted by molar-refractivity contribution is 0.515. The van der Waals surface area contributed by atoms with E-state index in [4.69, 9.17) is 46.4 Å². The van der Waals surface area contributed by atoms with E-state index in [1.54, 1.807) is 0 Å². The van der Waals surface area contributed by atoms with Gasteiger partial charge in [0.05, 0.1) is 5.03 Å². The van der Waals surface area contributed by atoms with Crippen LogP contribution < -0.4 is 0 Å². The van der Waals surface area contributed by atoms with Crippen molar-refractivity contribution in [3.05, 3.63) is 12.3 Å². The first-order valence-corrected chi connectivity index (χ1v) is 6.50. The van der Waals surface area contributed by atoms with E-state index in [-0.39, 0.29) is 0 Å². The first-order chi connectivity index (χ1) is 6.66. The predicted molar refractivity (Wildman–Crippen MR) is 63.6 cm³/mol. The highest BCUT2D eigenvalue weighted by molar-refractivity contribution is 8.03. The van der Waals surface area contributed by atoms with E-state index in [1.807, 2.05) is 0 Å². The smallest absolute Gasteiger partial charge is 0.310 e. The molecule has 0 amide bonds. The minimum absolute atomic E-state index is 0.336. The summed E-state index contributed by atoms with van der Waals surface area (Å²) in [6, 6.07) is 1.42. The summed E-state index contributed by atoms with van der Waals surface area (Å²) in [4.78, 5) is 3.04. The third kappa shape index (κ3) is 6.34. The molecular formula is C6H3Cl4F2NS2. The number of thioether (sulfide) groups is 2. The van der Waals surface area contributed by atoms with Crippen molar-refractivity contribution in [1.82, 2.24) is 4.98 Å². The lowest BCUT2D eigenvalue weighted by Gasteiger charge is -2.06. The van der Waals surface area contributed by atoms with Gasteiger partial charge >= 0.3 is 7.84 Å². The molecule has 0 fully saturated rings.